The largest absolute Gasteiger partial charge is 0.461 e. The van der Waals surface area contributed by atoms with Gasteiger partial charge >= 0.3 is 11.9 Å². The molecule has 2 fully saturated rings. The lowest BCUT2D eigenvalue weighted by atomic mass is 9.84. The van der Waals surface area contributed by atoms with Crippen LogP contribution in [0.15, 0.2) is 54.3 Å². The summed E-state index contributed by atoms with van der Waals surface area (Å²) in [6, 6.07) is 8.20. The molecule has 1 N–H and O–H groups in total. The van der Waals surface area contributed by atoms with E-state index < -0.39 is 0 Å². The van der Waals surface area contributed by atoms with Crippen molar-refractivity contribution in [3.05, 3.63) is 59.8 Å². The summed E-state index contributed by atoms with van der Waals surface area (Å²) in [5.41, 5.74) is 3.71. The van der Waals surface area contributed by atoms with E-state index in [-0.39, 0.29) is 35.7 Å². The van der Waals surface area contributed by atoms with E-state index in [9.17, 15) is 9.59 Å². The molecule has 3 heterocycles. The second-order valence-electron chi connectivity index (χ2n) is 9.67. The fourth-order valence-electron chi connectivity index (χ4n) is 5.26. The van der Waals surface area contributed by atoms with Gasteiger partial charge in [-0.1, -0.05) is 30.9 Å². The number of esters is 2. The Balaban J connectivity index is 1.13. The van der Waals surface area contributed by atoms with Gasteiger partial charge < -0.3 is 19.2 Å². The predicted octanol–water partition coefficient (Wildman–Crippen LogP) is 4.79. The molecule has 0 saturated carbocycles. The van der Waals surface area contributed by atoms with E-state index in [4.69, 9.17) is 14.2 Å². The maximum absolute atomic E-state index is 12.4. The number of rotatable bonds is 6. The summed E-state index contributed by atoms with van der Waals surface area (Å²) in [6.45, 7) is 6.33. The number of carbonyl (C=O) groups is 2. The Bertz CT molecular complexity index is 1110. The van der Waals surface area contributed by atoms with Crippen LogP contribution in [0.2, 0.25) is 0 Å². The minimum atomic E-state index is -0.311. The zero-order valence-electron chi connectivity index (χ0n) is 19.1. The highest BCUT2D eigenvalue weighted by atomic mass is 16.6. The molecule has 1 aromatic carbocycles. The third-order valence-corrected chi connectivity index (χ3v) is 7.36. The molecule has 6 nitrogen and oxygen atoms in total. The lowest BCUT2D eigenvalue weighted by Gasteiger charge is -2.20. The molecule has 0 spiro atoms. The third kappa shape index (κ3) is 4.49. The van der Waals surface area contributed by atoms with Crippen LogP contribution in [0, 0.1) is 5.92 Å². The molecule has 4 atom stereocenters. The van der Waals surface area contributed by atoms with Gasteiger partial charge in [-0.05, 0) is 62.7 Å². The van der Waals surface area contributed by atoms with Gasteiger partial charge in [0, 0.05) is 35.0 Å². The van der Waals surface area contributed by atoms with Crippen molar-refractivity contribution in [2.45, 2.75) is 69.7 Å². The zero-order valence-corrected chi connectivity index (χ0v) is 19.1. The first-order valence-corrected chi connectivity index (χ1v) is 11.9. The van der Waals surface area contributed by atoms with Gasteiger partial charge in [0.1, 0.15) is 18.8 Å². The van der Waals surface area contributed by atoms with Gasteiger partial charge in [-0.25, -0.2) is 4.79 Å². The number of epoxide rings is 1. The molecule has 0 unspecified atom stereocenters. The Morgan fingerprint density at radius 3 is 3.06 bits per heavy atom. The van der Waals surface area contributed by atoms with Crippen LogP contribution in [0.1, 0.15) is 51.0 Å². The van der Waals surface area contributed by atoms with E-state index in [2.05, 4.69) is 36.7 Å². The van der Waals surface area contributed by atoms with Crippen molar-refractivity contribution in [1.29, 1.82) is 0 Å². The summed E-state index contributed by atoms with van der Waals surface area (Å²) in [6.07, 6.45) is 9.08. The molecule has 0 radical (unpaired) electrons. The summed E-state index contributed by atoms with van der Waals surface area (Å²) >= 11 is 0. The molecule has 2 aliphatic heterocycles. The van der Waals surface area contributed by atoms with Crippen LogP contribution in [0.3, 0.4) is 0 Å². The summed E-state index contributed by atoms with van der Waals surface area (Å²) in [5.74, 6) is -0.529. The first kappa shape index (κ1) is 22.0. The minimum Gasteiger partial charge on any atom is -0.461 e. The Labute approximate surface area is 194 Å². The summed E-state index contributed by atoms with van der Waals surface area (Å²) < 4.78 is 17.2. The van der Waals surface area contributed by atoms with E-state index in [1.54, 1.807) is 0 Å². The van der Waals surface area contributed by atoms with E-state index in [0.29, 0.717) is 18.6 Å². The molecule has 0 bridgehead atoms. The maximum atomic E-state index is 12.4. The fourth-order valence-corrected chi connectivity index (χ4v) is 5.26. The fraction of sp³-hybridized carbons (Fsp3) is 0.481. The average Bonchev–Trinajstić information content (AvgIpc) is 3.16. The second kappa shape index (κ2) is 8.82. The van der Waals surface area contributed by atoms with Crippen molar-refractivity contribution in [2.75, 3.05) is 6.61 Å². The number of allylic oxidation sites excluding steroid dienone is 1. The van der Waals surface area contributed by atoms with Crippen molar-refractivity contribution in [1.82, 2.24) is 4.98 Å². The quantitative estimate of drug-likeness (QED) is 0.297. The lowest BCUT2D eigenvalue weighted by molar-refractivity contribution is -0.143. The Hall–Kier alpha value is -2.86. The molecule has 174 valence electrons. The third-order valence-electron chi connectivity index (χ3n) is 7.36. The average molecular weight is 450 g/mol. The molecule has 1 aliphatic carbocycles. The van der Waals surface area contributed by atoms with Crippen molar-refractivity contribution >= 4 is 22.8 Å². The van der Waals surface area contributed by atoms with E-state index >= 15 is 0 Å². The van der Waals surface area contributed by atoms with Crippen LogP contribution in [-0.2, 0) is 30.2 Å². The smallest absolute Gasteiger partial charge is 0.334 e. The second-order valence-corrected chi connectivity index (χ2v) is 9.67. The monoisotopic (exact) mass is 449 g/mol. The van der Waals surface area contributed by atoms with Crippen molar-refractivity contribution < 1.29 is 23.8 Å². The minimum absolute atomic E-state index is 0.0438. The number of ether oxygens (including phenoxy) is 3. The van der Waals surface area contributed by atoms with Crippen LogP contribution >= 0.6 is 0 Å². The van der Waals surface area contributed by atoms with Gasteiger partial charge in [0.05, 0.1) is 5.60 Å². The van der Waals surface area contributed by atoms with Crippen LogP contribution in [0.5, 0.6) is 0 Å². The first-order chi connectivity index (χ1) is 15.9. The molecular formula is C27H31NO5. The number of benzene rings is 1. The van der Waals surface area contributed by atoms with Crippen LogP contribution in [0.4, 0.5) is 0 Å². The Morgan fingerprint density at radius 2 is 2.18 bits per heavy atom. The molecular weight excluding hydrogens is 418 g/mol. The van der Waals surface area contributed by atoms with Gasteiger partial charge in [-0.15, -0.1) is 0 Å². The van der Waals surface area contributed by atoms with Gasteiger partial charge in [0.25, 0.3) is 0 Å². The Kier molecular flexibility index (Phi) is 5.87. The molecule has 1 aromatic heterocycles. The van der Waals surface area contributed by atoms with Gasteiger partial charge in [-0.3, -0.25) is 4.79 Å². The van der Waals surface area contributed by atoms with Gasteiger partial charge in [0.2, 0.25) is 0 Å². The molecule has 0 amide bonds. The molecule has 6 heteroatoms. The number of aromatic amines is 1. The highest BCUT2D eigenvalue weighted by Crippen LogP contribution is 2.49. The van der Waals surface area contributed by atoms with Crippen LogP contribution in [-0.4, -0.2) is 41.3 Å². The van der Waals surface area contributed by atoms with Gasteiger partial charge in [-0.2, -0.15) is 0 Å². The summed E-state index contributed by atoms with van der Waals surface area (Å²) in [5, 5.41) is 1.21. The number of hydrogen-bond donors (Lipinski definition) is 1. The molecule has 2 aromatic rings. The van der Waals surface area contributed by atoms with Gasteiger partial charge in [0.15, 0.2) is 0 Å². The number of hydrogen-bond acceptors (Lipinski definition) is 5. The zero-order chi connectivity index (χ0) is 23.0. The molecule has 5 rings (SSSR count). The van der Waals surface area contributed by atoms with E-state index in [1.807, 2.05) is 18.3 Å². The topological polar surface area (TPSA) is 80.9 Å². The summed E-state index contributed by atoms with van der Waals surface area (Å²) in [4.78, 5) is 27.8. The highest BCUT2D eigenvalue weighted by molar-refractivity contribution is 5.91. The number of para-hydroxylation sites is 1. The van der Waals surface area contributed by atoms with E-state index in [1.165, 1.54) is 10.9 Å². The molecule has 3 aliphatic rings. The first-order valence-electron chi connectivity index (χ1n) is 11.9. The number of aromatic nitrogens is 1. The molecule has 2 saturated heterocycles. The summed E-state index contributed by atoms with van der Waals surface area (Å²) in [7, 11) is 0. The van der Waals surface area contributed by atoms with Crippen molar-refractivity contribution in [3.8, 4) is 0 Å². The number of H-pyrrole nitrogens is 1. The SMILES string of the molecule is C=C1C(=O)O[C@H]2[C@H]1CC/C(COC(=O)CCCc1c[nH]c3ccccc13)=C\CC[C@@]1(C)O[C@@H]21. The van der Waals surface area contributed by atoms with E-state index in [0.717, 1.165) is 49.6 Å². The number of carbonyl (C=O) groups excluding carboxylic acids is 2. The van der Waals surface area contributed by atoms with Crippen LogP contribution in [0.25, 0.3) is 10.9 Å². The van der Waals surface area contributed by atoms with Crippen molar-refractivity contribution in [3.63, 3.8) is 0 Å². The normalized spacial score (nSPS) is 30.7. The number of fused-ring (bicyclic) bond motifs is 4. The standard InChI is InChI=1S/C27H31NO5/c1-17-20-13-12-18(7-6-14-27(2)25(33-27)24(20)32-26(17)30)16-31-23(29)11-5-8-19-15-28-22-10-4-3-9-21(19)22/h3-4,7,9-10,15,20,24-25,28H,1,5-6,8,11-14,16H2,2H3/b18-7+/t20-,24-,25-,27+/m0/s1. The Morgan fingerprint density at radius 1 is 1.33 bits per heavy atom. The highest BCUT2D eigenvalue weighted by Gasteiger charge is 2.61. The lowest BCUT2D eigenvalue weighted by Crippen LogP contribution is -2.29. The maximum Gasteiger partial charge on any atom is 0.334 e. The van der Waals surface area contributed by atoms with Crippen LogP contribution < -0.4 is 0 Å². The van der Waals surface area contributed by atoms with Crippen molar-refractivity contribution in [2.24, 2.45) is 5.92 Å². The predicted molar refractivity (Wildman–Crippen MR) is 125 cm³/mol. The number of nitrogens with one attached hydrogen (secondary N) is 1. The molecule has 33 heavy (non-hydrogen) atoms. The number of aryl methyl sites for hydroxylation is 1.